The molecule has 0 unspecified atom stereocenters. The van der Waals surface area contributed by atoms with Crippen LogP contribution in [0.3, 0.4) is 0 Å². The highest BCUT2D eigenvalue weighted by Gasteiger charge is 2.24. The predicted octanol–water partition coefficient (Wildman–Crippen LogP) is 1.82. The summed E-state index contributed by atoms with van der Waals surface area (Å²) in [5.74, 6) is -1.53. The molecule has 0 amide bonds. The number of nitro benzene ring substituents is 1. The molecule has 1 N–H and O–H groups in total. The third-order valence-electron chi connectivity index (χ3n) is 1.61. The number of hydrogen-bond donors (Lipinski definition) is 1. The zero-order chi connectivity index (χ0) is 11.6. The smallest absolute Gasteiger partial charge is 0.344 e. The fourth-order valence-corrected chi connectivity index (χ4v) is 1.26. The average molecular weight is 227 g/mol. The number of halogens is 1. The van der Waals surface area contributed by atoms with Crippen LogP contribution >= 0.6 is 11.6 Å². The SMILES string of the molecule is N#Cc1cc(Cl)cc([N+](=O)[O-])c1C(=O)O. The van der Waals surface area contributed by atoms with Crippen molar-refractivity contribution in [1.29, 1.82) is 5.26 Å². The van der Waals surface area contributed by atoms with Crippen molar-refractivity contribution in [2.24, 2.45) is 0 Å². The molecular weight excluding hydrogens is 224 g/mol. The lowest BCUT2D eigenvalue weighted by molar-refractivity contribution is -0.385. The van der Waals surface area contributed by atoms with Gasteiger partial charge in [-0.05, 0) is 6.07 Å². The van der Waals surface area contributed by atoms with Gasteiger partial charge in [-0.15, -0.1) is 0 Å². The van der Waals surface area contributed by atoms with Gasteiger partial charge in [-0.3, -0.25) is 10.1 Å². The lowest BCUT2D eigenvalue weighted by Gasteiger charge is -2.00. The number of carbonyl (C=O) groups is 1. The van der Waals surface area contributed by atoms with E-state index in [1.165, 1.54) is 0 Å². The first-order valence-electron chi connectivity index (χ1n) is 3.58. The van der Waals surface area contributed by atoms with E-state index in [1.807, 2.05) is 0 Å². The molecule has 0 atom stereocenters. The highest BCUT2D eigenvalue weighted by Crippen LogP contribution is 2.26. The second kappa shape index (κ2) is 3.94. The van der Waals surface area contributed by atoms with Gasteiger partial charge in [0.1, 0.15) is 6.07 Å². The van der Waals surface area contributed by atoms with Crippen molar-refractivity contribution >= 4 is 23.3 Å². The third-order valence-corrected chi connectivity index (χ3v) is 1.83. The summed E-state index contributed by atoms with van der Waals surface area (Å²) in [6, 6.07) is 3.51. The lowest BCUT2D eigenvalue weighted by Crippen LogP contribution is -2.05. The van der Waals surface area contributed by atoms with Crippen LogP contribution in [0.15, 0.2) is 12.1 Å². The number of nitro groups is 1. The molecule has 7 heteroatoms. The average Bonchev–Trinajstić information content (AvgIpc) is 2.15. The number of carboxylic acid groups (broad SMARTS) is 1. The maximum atomic E-state index is 10.7. The Labute approximate surface area is 88.5 Å². The van der Waals surface area contributed by atoms with E-state index in [9.17, 15) is 14.9 Å². The van der Waals surface area contributed by atoms with Crippen LogP contribution < -0.4 is 0 Å². The first-order valence-corrected chi connectivity index (χ1v) is 3.96. The van der Waals surface area contributed by atoms with Gasteiger partial charge in [0.15, 0.2) is 5.56 Å². The maximum Gasteiger partial charge on any atom is 0.344 e. The maximum absolute atomic E-state index is 10.7. The van der Waals surface area contributed by atoms with Gasteiger partial charge in [-0.25, -0.2) is 4.79 Å². The quantitative estimate of drug-likeness (QED) is 0.612. The van der Waals surface area contributed by atoms with Crippen molar-refractivity contribution in [2.75, 3.05) is 0 Å². The van der Waals surface area contributed by atoms with Gasteiger partial charge in [0.25, 0.3) is 5.69 Å². The second-order valence-corrected chi connectivity index (χ2v) is 2.96. The molecule has 0 spiro atoms. The fraction of sp³-hybridized carbons (Fsp3) is 0. The summed E-state index contributed by atoms with van der Waals surface area (Å²) < 4.78 is 0. The van der Waals surface area contributed by atoms with E-state index >= 15 is 0 Å². The number of aromatic carboxylic acids is 1. The van der Waals surface area contributed by atoms with Crippen molar-refractivity contribution in [2.45, 2.75) is 0 Å². The Morgan fingerprint density at radius 1 is 1.60 bits per heavy atom. The summed E-state index contributed by atoms with van der Waals surface area (Å²) in [5.41, 5.74) is -1.67. The van der Waals surface area contributed by atoms with Gasteiger partial charge < -0.3 is 5.11 Å². The van der Waals surface area contributed by atoms with E-state index in [0.29, 0.717) is 0 Å². The van der Waals surface area contributed by atoms with Crippen molar-refractivity contribution in [3.63, 3.8) is 0 Å². The fourth-order valence-electron chi connectivity index (χ4n) is 1.05. The van der Waals surface area contributed by atoms with Gasteiger partial charge in [-0.2, -0.15) is 5.26 Å². The minimum atomic E-state index is -1.53. The molecule has 0 radical (unpaired) electrons. The van der Waals surface area contributed by atoms with E-state index in [2.05, 4.69) is 0 Å². The summed E-state index contributed by atoms with van der Waals surface area (Å²) in [5, 5.41) is 27.8. The minimum Gasteiger partial charge on any atom is -0.477 e. The summed E-state index contributed by atoms with van der Waals surface area (Å²) in [6.45, 7) is 0. The summed E-state index contributed by atoms with van der Waals surface area (Å²) in [4.78, 5) is 20.3. The van der Waals surface area contributed by atoms with Gasteiger partial charge >= 0.3 is 5.97 Å². The summed E-state index contributed by atoms with van der Waals surface area (Å²) in [6.07, 6.45) is 0. The van der Waals surface area contributed by atoms with E-state index in [1.54, 1.807) is 6.07 Å². The predicted molar refractivity (Wildman–Crippen MR) is 49.8 cm³/mol. The van der Waals surface area contributed by atoms with E-state index in [4.69, 9.17) is 22.0 Å². The number of rotatable bonds is 2. The van der Waals surface area contributed by atoms with Crippen LogP contribution in [0.1, 0.15) is 15.9 Å². The van der Waals surface area contributed by atoms with E-state index in [0.717, 1.165) is 12.1 Å². The number of carboxylic acids is 1. The Hall–Kier alpha value is -2.13. The highest BCUT2D eigenvalue weighted by atomic mass is 35.5. The molecule has 0 saturated heterocycles. The van der Waals surface area contributed by atoms with E-state index < -0.39 is 22.1 Å². The van der Waals surface area contributed by atoms with Crippen molar-refractivity contribution in [3.05, 3.63) is 38.4 Å². The van der Waals surface area contributed by atoms with Crippen LogP contribution in [0.4, 0.5) is 5.69 Å². The molecule has 76 valence electrons. The molecule has 0 aromatic heterocycles. The summed E-state index contributed by atoms with van der Waals surface area (Å²) in [7, 11) is 0. The first-order chi connectivity index (χ1) is 6.97. The first kappa shape index (κ1) is 10.9. The molecule has 1 aromatic rings. The topological polar surface area (TPSA) is 104 Å². The molecule has 6 nitrogen and oxygen atoms in total. The van der Waals surface area contributed by atoms with Crippen LogP contribution in [0.5, 0.6) is 0 Å². The molecule has 15 heavy (non-hydrogen) atoms. The molecule has 0 aliphatic heterocycles. The largest absolute Gasteiger partial charge is 0.477 e. The van der Waals surface area contributed by atoms with Gasteiger partial charge in [0.05, 0.1) is 10.5 Å². The Kier molecular flexibility index (Phi) is 2.87. The zero-order valence-corrected chi connectivity index (χ0v) is 7.85. The monoisotopic (exact) mass is 226 g/mol. The van der Waals surface area contributed by atoms with Gasteiger partial charge in [0.2, 0.25) is 0 Å². The van der Waals surface area contributed by atoms with Crippen LogP contribution in [-0.2, 0) is 0 Å². The Balaban J connectivity index is 3.64. The van der Waals surface area contributed by atoms with Crippen LogP contribution in [0.25, 0.3) is 0 Å². The molecule has 0 fully saturated rings. The molecule has 0 aliphatic rings. The number of benzene rings is 1. The third kappa shape index (κ3) is 2.03. The molecule has 1 aromatic carbocycles. The molecular formula is C8H3ClN2O4. The molecule has 1 rings (SSSR count). The van der Waals surface area contributed by atoms with Crippen LogP contribution in [0, 0.1) is 21.4 Å². The number of nitriles is 1. The van der Waals surface area contributed by atoms with Gasteiger partial charge in [0, 0.05) is 11.1 Å². The molecule has 0 bridgehead atoms. The molecule has 0 aliphatic carbocycles. The van der Waals surface area contributed by atoms with Crippen molar-refractivity contribution in [1.82, 2.24) is 0 Å². The Bertz CT molecular complexity index is 492. The van der Waals surface area contributed by atoms with Crippen LogP contribution in [0.2, 0.25) is 5.02 Å². The Morgan fingerprint density at radius 2 is 2.20 bits per heavy atom. The zero-order valence-electron chi connectivity index (χ0n) is 7.10. The van der Waals surface area contributed by atoms with Crippen molar-refractivity contribution in [3.8, 4) is 6.07 Å². The second-order valence-electron chi connectivity index (χ2n) is 2.52. The van der Waals surface area contributed by atoms with Gasteiger partial charge in [-0.1, -0.05) is 11.6 Å². The number of hydrogen-bond acceptors (Lipinski definition) is 4. The van der Waals surface area contributed by atoms with Crippen molar-refractivity contribution < 1.29 is 14.8 Å². The highest BCUT2D eigenvalue weighted by molar-refractivity contribution is 6.31. The number of nitrogens with zero attached hydrogens (tertiary/aromatic N) is 2. The van der Waals surface area contributed by atoms with Crippen LogP contribution in [-0.4, -0.2) is 16.0 Å². The Morgan fingerprint density at radius 3 is 2.60 bits per heavy atom. The molecule has 0 saturated carbocycles. The van der Waals surface area contributed by atoms with E-state index in [-0.39, 0.29) is 10.6 Å². The summed E-state index contributed by atoms with van der Waals surface area (Å²) >= 11 is 5.50. The molecule has 0 heterocycles. The normalized spacial score (nSPS) is 9.33. The lowest BCUT2D eigenvalue weighted by atomic mass is 10.1. The minimum absolute atomic E-state index is 0.0525. The standard InChI is InChI=1S/C8H3ClN2O4/c9-5-1-4(3-10)7(8(12)13)6(2-5)11(14)15/h1-2H,(H,12,13).